The maximum atomic E-state index is 13.8. The molecule has 12 heteroatoms. The first kappa shape index (κ1) is 46.9. The van der Waals surface area contributed by atoms with Crippen molar-refractivity contribution < 1.29 is 48.0 Å². The van der Waals surface area contributed by atoms with E-state index in [1.54, 1.807) is 48.1 Å². The molecular weight excluding hydrogens is 837 g/mol. The summed E-state index contributed by atoms with van der Waals surface area (Å²) >= 11 is 0. The average Bonchev–Trinajstić information content (AvgIpc) is 3.84. The van der Waals surface area contributed by atoms with Gasteiger partial charge in [-0.15, -0.1) is 0 Å². The Hall–Kier alpha value is -7.08. The summed E-state index contributed by atoms with van der Waals surface area (Å²) in [6.45, 7) is 15.0. The van der Waals surface area contributed by atoms with Gasteiger partial charge in [-0.3, -0.25) is 19.2 Å². The molecule has 0 fully saturated rings. The molecule has 0 aliphatic carbocycles. The number of methoxy groups -OCH3 is 1. The van der Waals surface area contributed by atoms with E-state index in [1.807, 2.05) is 107 Å². The third-order valence-electron chi connectivity index (χ3n) is 11.8. The van der Waals surface area contributed by atoms with Gasteiger partial charge in [0.2, 0.25) is 0 Å². The minimum absolute atomic E-state index is 0.0385. The summed E-state index contributed by atoms with van der Waals surface area (Å²) < 4.78 is 29.7. The van der Waals surface area contributed by atoms with Gasteiger partial charge in [-0.2, -0.15) is 0 Å². The predicted molar refractivity (Wildman–Crippen MR) is 257 cm³/mol. The second-order valence-corrected chi connectivity index (χ2v) is 16.8. The molecule has 12 nitrogen and oxygen atoms in total. The zero-order chi connectivity index (χ0) is 47.2. The molecule has 0 saturated heterocycles. The Morgan fingerprint density at radius 2 is 0.985 bits per heavy atom. The predicted octanol–water partition coefficient (Wildman–Crippen LogP) is 10.9. The van der Waals surface area contributed by atoms with Crippen LogP contribution in [0, 0.1) is 0 Å². The minimum atomic E-state index is -0.888. The van der Waals surface area contributed by atoms with Gasteiger partial charge in [0.1, 0.15) is 23.0 Å². The van der Waals surface area contributed by atoms with Crippen LogP contribution < -0.4 is 28.7 Å². The highest BCUT2D eigenvalue weighted by molar-refractivity contribution is 6.18. The molecule has 0 aromatic heterocycles. The fourth-order valence-corrected chi connectivity index (χ4v) is 8.31. The summed E-state index contributed by atoms with van der Waals surface area (Å²) in [5.41, 5.74) is 5.73. The van der Waals surface area contributed by atoms with E-state index in [4.69, 9.17) is 28.8 Å². The Morgan fingerprint density at radius 3 is 1.38 bits per heavy atom. The van der Waals surface area contributed by atoms with E-state index >= 15 is 0 Å². The first-order valence-electron chi connectivity index (χ1n) is 22.7. The number of carbonyl (C=O) groups excluding carboxylic acids is 3. The zero-order valence-corrected chi connectivity index (χ0v) is 38.9. The molecule has 2 atom stereocenters. The van der Waals surface area contributed by atoms with Crippen molar-refractivity contribution in [1.29, 1.82) is 0 Å². The third kappa shape index (κ3) is 9.63. The van der Waals surface area contributed by atoms with Crippen molar-refractivity contribution in [3.05, 3.63) is 130 Å². The van der Waals surface area contributed by atoms with Gasteiger partial charge in [-0.05, 0) is 82.9 Å². The fraction of sp³-hybridized carbons (Fsp3) is 0.333. The standard InChI is InChI=1S/C29H33NO5.C25H25NO5/c1-6-19(5)35-28-23-11-9-8-10-22(23)27(34-18(3)4)24-17-30(29(32)26(24)28)21-14-12-20(13-15-21)16-25(31)33-7-2;1-4-15(2)31-24-19-8-6-5-7-18(19)23(30-3)20-14-26(25(29)22(20)24)17-11-9-16(10-12-17)13-21(27)28/h8-15,18-19H,6-7,16-17H2,1-5H3;5-12,15H,4,13-14H2,1-3H3,(H,27,28). The second-order valence-electron chi connectivity index (χ2n) is 16.8. The number of hydrogen-bond donors (Lipinski definition) is 1. The lowest BCUT2D eigenvalue weighted by atomic mass is 9.99. The smallest absolute Gasteiger partial charge is 0.310 e. The van der Waals surface area contributed by atoms with Gasteiger partial charge in [-0.25, -0.2) is 0 Å². The maximum Gasteiger partial charge on any atom is 0.310 e. The number of hydrogen-bond acceptors (Lipinski definition) is 9. The number of fused-ring (bicyclic) bond motifs is 4. The molecule has 0 radical (unpaired) electrons. The number of esters is 1. The molecule has 0 spiro atoms. The van der Waals surface area contributed by atoms with Crippen LogP contribution in [-0.4, -0.2) is 60.9 Å². The summed E-state index contributed by atoms with van der Waals surface area (Å²) in [5, 5.41) is 12.6. The van der Waals surface area contributed by atoms with Gasteiger partial charge >= 0.3 is 11.9 Å². The number of ether oxygens (including phenoxy) is 5. The van der Waals surface area contributed by atoms with Crippen LogP contribution in [0.1, 0.15) is 104 Å². The number of carboxylic acid groups (broad SMARTS) is 1. The molecule has 1 N–H and O–H groups in total. The molecule has 2 heterocycles. The lowest BCUT2D eigenvalue weighted by molar-refractivity contribution is -0.142. The summed E-state index contributed by atoms with van der Waals surface area (Å²) in [4.78, 5) is 53.6. The first-order chi connectivity index (χ1) is 31.8. The van der Waals surface area contributed by atoms with Gasteiger partial charge < -0.3 is 38.6 Å². The van der Waals surface area contributed by atoms with E-state index in [1.165, 1.54) is 0 Å². The first-order valence-corrected chi connectivity index (χ1v) is 22.7. The number of benzene rings is 6. The van der Waals surface area contributed by atoms with Crippen molar-refractivity contribution >= 4 is 56.7 Å². The minimum Gasteiger partial charge on any atom is -0.496 e. The molecule has 6 aromatic rings. The van der Waals surface area contributed by atoms with E-state index in [9.17, 15) is 19.2 Å². The van der Waals surface area contributed by atoms with Crippen molar-refractivity contribution in [1.82, 2.24) is 0 Å². The summed E-state index contributed by atoms with van der Waals surface area (Å²) in [7, 11) is 1.62. The number of aliphatic carboxylic acids is 1. The highest BCUT2D eigenvalue weighted by Gasteiger charge is 2.39. The highest BCUT2D eigenvalue weighted by Crippen LogP contribution is 2.48. The van der Waals surface area contributed by atoms with Crippen molar-refractivity contribution in [2.45, 2.75) is 106 Å². The Balaban J connectivity index is 0.000000198. The van der Waals surface area contributed by atoms with Gasteiger partial charge in [0, 0.05) is 44.0 Å². The molecule has 6 aromatic carbocycles. The molecule has 66 heavy (non-hydrogen) atoms. The van der Waals surface area contributed by atoms with Gasteiger partial charge in [0.25, 0.3) is 11.8 Å². The Morgan fingerprint density at radius 1 is 0.576 bits per heavy atom. The van der Waals surface area contributed by atoms with Gasteiger partial charge in [-0.1, -0.05) is 86.6 Å². The van der Waals surface area contributed by atoms with E-state index < -0.39 is 5.97 Å². The molecule has 2 unspecified atom stereocenters. The number of amides is 2. The second kappa shape index (κ2) is 20.4. The number of nitrogens with zero attached hydrogens (tertiary/aromatic N) is 2. The highest BCUT2D eigenvalue weighted by atomic mass is 16.5. The lowest BCUT2D eigenvalue weighted by Crippen LogP contribution is -2.23. The largest absolute Gasteiger partial charge is 0.496 e. The van der Waals surface area contributed by atoms with Crippen LogP contribution in [0.4, 0.5) is 11.4 Å². The zero-order valence-electron chi connectivity index (χ0n) is 38.9. The van der Waals surface area contributed by atoms with Crippen LogP contribution in [0.2, 0.25) is 0 Å². The molecule has 2 aliphatic heterocycles. The van der Waals surface area contributed by atoms with E-state index in [-0.39, 0.29) is 48.9 Å². The SMILES string of the molecule is CCC(C)Oc1c2c(c(OC)c3ccccc13)CN(c1ccc(CC(=O)O)cc1)C2=O.CCOC(=O)Cc1ccc(N2Cc3c(c(OC(C)CC)c4ccccc4c3OC(C)C)C2=O)cc1. The number of carbonyl (C=O) groups is 4. The molecule has 2 aliphatic rings. The Labute approximate surface area is 386 Å². The van der Waals surface area contributed by atoms with E-state index in [0.29, 0.717) is 59.3 Å². The van der Waals surface area contributed by atoms with Crippen LogP contribution in [0.5, 0.6) is 23.0 Å². The molecule has 0 bridgehead atoms. The monoisotopic (exact) mass is 894 g/mol. The van der Waals surface area contributed by atoms with Crippen LogP contribution in [0.3, 0.4) is 0 Å². The molecule has 344 valence electrons. The van der Waals surface area contributed by atoms with Crippen molar-refractivity contribution in [2.75, 3.05) is 23.5 Å². The van der Waals surface area contributed by atoms with Crippen molar-refractivity contribution in [3.63, 3.8) is 0 Å². The molecule has 0 saturated carbocycles. The van der Waals surface area contributed by atoms with Crippen molar-refractivity contribution in [2.24, 2.45) is 0 Å². The fourth-order valence-electron chi connectivity index (χ4n) is 8.31. The van der Waals surface area contributed by atoms with Crippen LogP contribution >= 0.6 is 0 Å². The number of carboxylic acids is 1. The van der Waals surface area contributed by atoms with Gasteiger partial charge in [0.15, 0.2) is 0 Å². The average molecular weight is 895 g/mol. The van der Waals surface area contributed by atoms with Crippen LogP contribution in [0.25, 0.3) is 21.5 Å². The Bertz CT molecular complexity index is 2760. The van der Waals surface area contributed by atoms with Gasteiger partial charge in [0.05, 0.1) is 69.1 Å². The van der Waals surface area contributed by atoms with E-state index in [0.717, 1.165) is 62.5 Å². The Kier molecular flexibility index (Phi) is 14.5. The third-order valence-corrected chi connectivity index (χ3v) is 11.8. The number of rotatable bonds is 16. The summed E-state index contributed by atoms with van der Waals surface area (Å²) in [6, 6.07) is 30.3. The topological polar surface area (TPSA) is 141 Å². The molecule has 8 rings (SSSR count). The lowest BCUT2D eigenvalue weighted by Gasteiger charge is -2.21. The quantitative estimate of drug-likeness (QED) is 0.0933. The van der Waals surface area contributed by atoms with E-state index in [2.05, 4.69) is 6.92 Å². The van der Waals surface area contributed by atoms with Crippen LogP contribution in [-0.2, 0) is 40.3 Å². The summed E-state index contributed by atoms with van der Waals surface area (Å²) in [6.07, 6.45) is 1.66. The summed E-state index contributed by atoms with van der Waals surface area (Å²) in [5.74, 6) is 1.21. The molecular formula is C54H58N2O10. The number of anilines is 2. The van der Waals surface area contributed by atoms with Crippen molar-refractivity contribution in [3.8, 4) is 23.0 Å². The van der Waals surface area contributed by atoms with Crippen LogP contribution in [0.15, 0.2) is 97.1 Å². The normalized spacial score (nSPS) is 13.8. The maximum absolute atomic E-state index is 13.8. The molecule has 2 amide bonds.